The standard InChI is InChI=1S/C20H22N6O3/c1-11-15-8-16(13-4-5-17(29-3)22-9-13)19(28)26(18(15)24-20(21)23-11)14-6-7-25(10-14)12(2)27/h4-5,8-9,14H,6-7,10H2,1-3H3,(H2,21,23,24). The van der Waals surface area contributed by atoms with Crippen molar-refractivity contribution in [1.29, 1.82) is 0 Å². The maximum atomic E-state index is 13.5. The Morgan fingerprint density at radius 2 is 2.10 bits per heavy atom. The first kappa shape index (κ1) is 18.9. The minimum atomic E-state index is -0.197. The van der Waals surface area contributed by atoms with Gasteiger partial charge in [0.2, 0.25) is 17.7 Å². The van der Waals surface area contributed by atoms with Gasteiger partial charge in [-0.15, -0.1) is 0 Å². The lowest BCUT2D eigenvalue weighted by Crippen LogP contribution is -2.31. The lowest BCUT2D eigenvalue weighted by molar-refractivity contribution is -0.127. The molecule has 1 fully saturated rings. The number of hydrogen-bond donors (Lipinski definition) is 1. The topological polar surface area (TPSA) is 116 Å². The number of nitrogens with zero attached hydrogens (tertiary/aromatic N) is 5. The van der Waals surface area contributed by atoms with E-state index in [1.54, 1.807) is 33.9 Å². The minimum absolute atomic E-state index is 0.00863. The van der Waals surface area contributed by atoms with Gasteiger partial charge in [-0.2, -0.15) is 4.98 Å². The van der Waals surface area contributed by atoms with Crippen LogP contribution >= 0.6 is 0 Å². The Kier molecular flexibility index (Phi) is 4.65. The van der Waals surface area contributed by atoms with Crippen LogP contribution in [0.5, 0.6) is 5.88 Å². The van der Waals surface area contributed by atoms with Crippen molar-refractivity contribution in [3.8, 4) is 17.0 Å². The summed E-state index contributed by atoms with van der Waals surface area (Å²) in [5, 5.41) is 0.742. The summed E-state index contributed by atoms with van der Waals surface area (Å²) < 4.78 is 6.77. The zero-order valence-corrected chi connectivity index (χ0v) is 16.5. The molecule has 9 heteroatoms. The number of rotatable bonds is 3. The fourth-order valence-corrected chi connectivity index (χ4v) is 3.82. The molecule has 0 aliphatic carbocycles. The van der Waals surface area contributed by atoms with Crippen LogP contribution in [0, 0.1) is 6.92 Å². The Morgan fingerprint density at radius 1 is 1.31 bits per heavy atom. The predicted molar refractivity (Wildman–Crippen MR) is 109 cm³/mol. The molecular formula is C20H22N6O3. The van der Waals surface area contributed by atoms with Gasteiger partial charge in [0.1, 0.15) is 5.65 Å². The maximum absolute atomic E-state index is 13.5. The van der Waals surface area contributed by atoms with Crippen LogP contribution in [-0.4, -0.2) is 50.5 Å². The highest BCUT2D eigenvalue weighted by molar-refractivity contribution is 5.84. The zero-order valence-electron chi connectivity index (χ0n) is 16.5. The maximum Gasteiger partial charge on any atom is 0.260 e. The number of methoxy groups -OCH3 is 1. The van der Waals surface area contributed by atoms with Crippen molar-refractivity contribution in [2.45, 2.75) is 26.3 Å². The summed E-state index contributed by atoms with van der Waals surface area (Å²) >= 11 is 0. The Labute approximate surface area is 167 Å². The number of ether oxygens (including phenoxy) is 1. The van der Waals surface area contributed by atoms with Gasteiger partial charge in [-0.05, 0) is 25.5 Å². The van der Waals surface area contributed by atoms with Gasteiger partial charge in [0.25, 0.3) is 5.56 Å². The molecule has 1 aliphatic heterocycles. The van der Waals surface area contributed by atoms with Gasteiger partial charge in [0, 0.05) is 48.8 Å². The molecule has 150 valence electrons. The molecule has 1 saturated heterocycles. The van der Waals surface area contributed by atoms with E-state index in [1.165, 1.54) is 14.0 Å². The Balaban J connectivity index is 1.95. The average Bonchev–Trinajstić information content (AvgIpc) is 3.18. The van der Waals surface area contributed by atoms with E-state index in [-0.39, 0.29) is 23.5 Å². The fraction of sp³-hybridized carbons (Fsp3) is 0.350. The number of nitrogen functional groups attached to an aromatic ring is 1. The van der Waals surface area contributed by atoms with Crippen LogP contribution in [0.2, 0.25) is 0 Å². The summed E-state index contributed by atoms with van der Waals surface area (Å²) in [5.41, 5.74) is 8.01. The summed E-state index contributed by atoms with van der Waals surface area (Å²) in [7, 11) is 1.54. The van der Waals surface area contributed by atoms with Crippen molar-refractivity contribution in [2.75, 3.05) is 25.9 Å². The molecule has 0 saturated carbocycles. The van der Waals surface area contributed by atoms with Crippen LogP contribution in [-0.2, 0) is 4.79 Å². The molecule has 9 nitrogen and oxygen atoms in total. The Bertz CT molecular complexity index is 1160. The summed E-state index contributed by atoms with van der Waals surface area (Å²) in [6.45, 7) is 4.42. The third-order valence-corrected chi connectivity index (χ3v) is 5.33. The number of aryl methyl sites for hydroxylation is 1. The largest absolute Gasteiger partial charge is 0.481 e. The van der Waals surface area contributed by atoms with E-state index in [9.17, 15) is 9.59 Å². The number of nitrogens with two attached hydrogens (primary N) is 1. The molecule has 1 atom stereocenters. The van der Waals surface area contributed by atoms with E-state index in [0.29, 0.717) is 47.9 Å². The van der Waals surface area contributed by atoms with Gasteiger partial charge in [0.15, 0.2) is 0 Å². The predicted octanol–water partition coefficient (Wildman–Crippen LogP) is 1.55. The number of anilines is 1. The van der Waals surface area contributed by atoms with Crippen molar-refractivity contribution in [3.63, 3.8) is 0 Å². The molecule has 1 amide bonds. The quantitative estimate of drug-likeness (QED) is 0.716. The second-order valence-corrected chi connectivity index (χ2v) is 7.13. The first-order valence-corrected chi connectivity index (χ1v) is 9.34. The van der Waals surface area contributed by atoms with E-state index in [0.717, 1.165) is 5.39 Å². The van der Waals surface area contributed by atoms with Gasteiger partial charge in [0.05, 0.1) is 18.8 Å². The minimum Gasteiger partial charge on any atom is -0.481 e. The Hall–Kier alpha value is -3.49. The molecule has 0 bridgehead atoms. The number of hydrogen-bond acceptors (Lipinski definition) is 7. The number of carbonyl (C=O) groups excluding carboxylic acids is 1. The molecule has 4 rings (SSSR count). The number of pyridine rings is 2. The van der Waals surface area contributed by atoms with Crippen LogP contribution in [0.3, 0.4) is 0 Å². The third-order valence-electron chi connectivity index (χ3n) is 5.33. The highest BCUT2D eigenvalue weighted by Gasteiger charge is 2.29. The van der Waals surface area contributed by atoms with Crippen LogP contribution < -0.4 is 16.0 Å². The van der Waals surface area contributed by atoms with E-state index in [2.05, 4.69) is 15.0 Å². The number of amides is 1. The lowest BCUT2D eigenvalue weighted by Gasteiger charge is -2.19. The van der Waals surface area contributed by atoms with Crippen molar-refractivity contribution in [3.05, 3.63) is 40.4 Å². The van der Waals surface area contributed by atoms with Gasteiger partial charge in [-0.25, -0.2) is 9.97 Å². The molecular weight excluding hydrogens is 372 g/mol. The molecule has 3 aromatic heterocycles. The summed E-state index contributed by atoms with van der Waals surface area (Å²) in [6.07, 6.45) is 2.28. The van der Waals surface area contributed by atoms with Crippen molar-refractivity contribution in [1.82, 2.24) is 24.4 Å². The van der Waals surface area contributed by atoms with E-state index in [1.807, 2.05) is 6.92 Å². The zero-order chi connectivity index (χ0) is 20.7. The first-order valence-electron chi connectivity index (χ1n) is 9.34. The monoisotopic (exact) mass is 394 g/mol. The van der Waals surface area contributed by atoms with Crippen LogP contribution in [0.4, 0.5) is 5.95 Å². The fourth-order valence-electron chi connectivity index (χ4n) is 3.82. The van der Waals surface area contributed by atoms with Gasteiger partial charge >= 0.3 is 0 Å². The Morgan fingerprint density at radius 3 is 2.72 bits per heavy atom. The van der Waals surface area contributed by atoms with E-state index < -0.39 is 0 Å². The molecule has 29 heavy (non-hydrogen) atoms. The molecule has 3 aromatic rings. The van der Waals surface area contributed by atoms with E-state index >= 15 is 0 Å². The van der Waals surface area contributed by atoms with Gasteiger partial charge in [-0.1, -0.05) is 0 Å². The van der Waals surface area contributed by atoms with Crippen LogP contribution in [0.15, 0.2) is 29.2 Å². The summed E-state index contributed by atoms with van der Waals surface area (Å²) in [6, 6.07) is 5.10. The van der Waals surface area contributed by atoms with Gasteiger partial charge in [-0.3, -0.25) is 14.2 Å². The van der Waals surface area contributed by atoms with Crippen molar-refractivity contribution >= 4 is 22.9 Å². The highest BCUT2D eigenvalue weighted by atomic mass is 16.5. The van der Waals surface area contributed by atoms with Crippen LogP contribution in [0.1, 0.15) is 25.1 Å². The van der Waals surface area contributed by atoms with Crippen molar-refractivity contribution < 1.29 is 9.53 Å². The summed E-state index contributed by atoms with van der Waals surface area (Å²) in [5.74, 6) is 0.573. The van der Waals surface area contributed by atoms with Crippen LogP contribution in [0.25, 0.3) is 22.2 Å². The molecule has 0 radical (unpaired) electrons. The lowest BCUT2D eigenvalue weighted by atomic mass is 10.1. The normalized spacial score (nSPS) is 16.4. The number of carbonyl (C=O) groups is 1. The molecule has 1 aliphatic rings. The van der Waals surface area contributed by atoms with Crippen molar-refractivity contribution in [2.24, 2.45) is 0 Å². The smallest absolute Gasteiger partial charge is 0.260 e. The number of fused-ring (bicyclic) bond motifs is 1. The SMILES string of the molecule is COc1ccc(-c2cc3c(C)nc(N)nc3n(C3CCN(C(C)=O)C3)c2=O)cn1. The molecule has 4 heterocycles. The molecule has 0 aromatic carbocycles. The molecule has 1 unspecified atom stereocenters. The summed E-state index contributed by atoms with van der Waals surface area (Å²) in [4.78, 5) is 39.9. The van der Waals surface area contributed by atoms with E-state index in [4.69, 9.17) is 10.5 Å². The molecule has 2 N–H and O–H groups in total. The second kappa shape index (κ2) is 7.16. The third kappa shape index (κ3) is 3.28. The highest BCUT2D eigenvalue weighted by Crippen LogP contribution is 2.28. The van der Waals surface area contributed by atoms with Gasteiger partial charge < -0.3 is 15.4 Å². The second-order valence-electron chi connectivity index (χ2n) is 7.13. The number of likely N-dealkylation sites (tertiary alicyclic amines) is 1. The average molecular weight is 394 g/mol. The first-order chi connectivity index (χ1) is 13.9. The number of aromatic nitrogens is 4. The molecule has 0 spiro atoms.